The predicted molar refractivity (Wildman–Crippen MR) is 70.5 cm³/mol. The number of nitrogens with zero attached hydrogens (tertiary/aromatic N) is 1. The summed E-state index contributed by atoms with van der Waals surface area (Å²) in [4.78, 5) is 3.86. The van der Waals surface area contributed by atoms with Crippen LogP contribution in [0.25, 0.3) is 0 Å². The molecule has 1 aromatic carbocycles. The molecular formula is C13H12ClFN2O2. The number of rotatable bonds is 4. The number of ether oxygens (including phenoxy) is 1. The molecule has 1 aromatic heterocycles. The third kappa shape index (κ3) is 3.33. The number of benzene rings is 1. The van der Waals surface area contributed by atoms with Crippen LogP contribution in [0.15, 0.2) is 36.5 Å². The van der Waals surface area contributed by atoms with Crippen LogP contribution in [0, 0.1) is 5.82 Å². The van der Waals surface area contributed by atoms with E-state index < -0.39 is 11.9 Å². The quantitative estimate of drug-likeness (QED) is 0.904. The van der Waals surface area contributed by atoms with Gasteiger partial charge in [-0.2, -0.15) is 0 Å². The molecule has 1 atom stereocenters. The van der Waals surface area contributed by atoms with Crippen molar-refractivity contribution in [1.29, 1.82) is 0 Å². The van der Waals surface area contributed by atoms with Gasteiger partial charge in [-0.25, -0.2) is 9.37 Å². The fourth-order valence-corrected chi connectivity index (χ4v) is 1.81. The maximum atomic E-state index is 12.9. The minimum absolute atomic E-state index is 0.139. The summed E-state index contributed by atoms with van der Waals surface area (Å²) in [6.07, 6.45) is 0.872. The van der Waals surface area contributed by atoms with Crippen LogP contribution in [0.1, 0.15) is 11.7 Å². The van der Waals surface area contributed by atoms with Gasteiger partial charge < -0.3 is 15.6 Å². The standard InChI is InChI=1S/C13H12ClFN2O2/c14-10-6-9(15)1-2-11(10)19-12(7-18)8-3-4-17-13(16)5-8/h1-6,12,18H,7H2,(H2,16,17). The molecule has 1 heterocycles. The molecule has 6 heteroatoms. The van der Waals surface area contributed by atoms with E-state index in [9.17, 15) is 9.50 Å². The van der Waals surface area contributed by atoms with E-state index in [1.165, 1.54) is 18.3 Å². The van der Waals surface area contributed by atoms with Crippen LogP contribution in [0.5, 0.6) is 5.75 Å². The van der Waals surface area contributed by atoms with Gasteiger partial charge in [0.05, 0.1) is 11.6 Å². The molecule has 1 unspecified atom stereocenters. The number of nitrogens with two attached hydrogens (primary N) is 1. The molecule has 100 valence electrons. The Morgan fingerprint density at radius 3 is 2.79 bits per heavy atom. The smallest absolute Gasteiger partial charge is 0.147 e. The van der Waals surface area contributed by atoms with Crippen molar-refractivity contribution in [2.24, 2.45) is 0 Å². The van der Waals surface area contributed by atoms with Gasteiger partial charge in [0.1, 0.15) is 23.5 Å². The van der Waals surface area contributed by atoms with E-state index in [2.05, 4.69) is 4.98 Å². The van der Waals surface area contributed by atoms with Crippen LogP contribution in [0.4, 0.5) is 10.2 Å². The Balaban J connectivity index is 2.24. The minimum atomic E-state index is -0.645. The van der Waals surface area contributed by atoms with Gasteiger partial charge in [0.25, 0.3) is 0 Å². The maximum Gasteiger partial charge on any atom is 0.147 e. The van der Waals surface area contributed by atoms with E-state index >= 15 is 0 Å². The highest BCUT2D eigenvalue weighted by molar-refractivity contribution is 6.32. The summed E-state index contributed by atoms with van der Waals surface area (Å²) in [5.41, 5.74) is 6.23. The molecule has 0 saturated carbocycles. The van der Waals surface area contributed by atoms with Crippen molar-refractivity contribution in [1.82, 2.24) is 4.98 Å². The normalized spacial score (nSPS) is 12.2. The maximum absolute atomic E-state index is 12.9. The fraction of sp³-hybridized carbons (Fsp3) is 0.154. The Hall–Kier alpha value is -1.85. The van der Waals surface area contributed by atoms with Crippen molar-refractivity contribution < 1.29 is 14.2 Å². The molecule has 4 nitrogen and oxygen atoms in total. The van der Waals surface area contributed by atoms with Crippen LogP contribution in [-0.4, -0.2) is 16.7 Å². The van der Waals surface area contributed by atoms with Crippen LogP contribution in [0.2, 0.25) is 5.02 Å². The summed E-state index contributed by atoms with van der Waals surface area (Å²) in [5, 5.41) is 9.51. The largest absolute Gasteiger partial charge is 0.482 e. The van der Waals surface area contributed by atoms with Gasteiger partial charge in [-0.05, 0) is 35.9 Å². The van der Waals surface area contributed by atoms with E-state index in [1.54, 1.807) is 12.1 Å². The number of anilines is 1. The Morgan fingerprint density at radius 2 is 2.16 bits per heavy atom. The van der Waals surface area contributed by atoms with Gasteiger partial charge in [-0.3, -0.25) is 0 Å². The van der Waals surface area contributed by atoms with Gasteiger partial charge in [-0.15, -0.1) is 0 Å². The first-order valence-corrected chi connectivity index (χ1v) is 5.92. The minimum Gasteiger partial charge on any atom is -0.482 e. The summed E-state index contributed by atoms with van der Waals surface area (Å²) < 4.78 is 18.5. The second-order valence-electron chi connectivity index (χ2n) is 3.88. The Bertz CT molecular complexity index is 580. The highest BCUT2D eigenvalue weighted by Gasteiger charge is 2.15. The Kier molecular flexibility index (Phi) is 4.19. The summed E-state index contributed by atoms with van der Waals surface area (Å²) in [6.45, 7) is -0.267. The lowest BCUT2D eigenvalue weighted by Crippen LogP contribution is -2.13. The lowest BCUT2D eigenvalue weighted by Gasteiger charge is -2.18. The third-order valence-electron chi connectivity index (χ3n) is 2.51. The van der Waals surface area contributed by atoms with Gasteiger partial charge >= 0.3 is 0 Å². The van der Waals surface area contributed by atoms with Crippen molar-refractivity contribution in [2.75, 3.05) is 12.3 Å². The fourth-order valence-electron chi connectivity index (χ4n) is 1.60. The number of hydrogen-bond acceptors (Lipinski definition) is 4. The molecule has 3 N–H and O–H groups in total. The summed E-state index contributed by atoms with van der Waals surface area (Å²) in [7, 11) is 0. The molecule has 0 radical (unpaired) electrons. The zero-order valence-corrected chi connectivity index (χ0v) is 10.6. The molecule has 0 aliphatic rings. The second kappa shape index (κ2) is 5.86. The van der Waals surface area contributed by atoms with E-state index in [0.717, 1.165) is 6.07 Å². The number of hydrogen-bond donors (Lipinski definition) is 2. The van der Waals surface area contributed by atoms with Gasteiger partial charge in [-0.1, -0.05) is 11.6 Å². The van der Waals surface area contributed by atoms with E-state index in [-0.39, 0.29) is 17.4 Å². The summed E-state index contributed by atoms with van der Waals surface area (Å²) in [6, 6.07) is 7.06. The van der Waals surface area contributed by atoms with E-state index in [1.807, 2.05) is 0 Å². The van der Waals surface area contributed by atoms with Crippen LogP contribution < -0.4 is 10.5 Å². The average Bonchev–Trinajstić information content (AvgIpc) is 2.38. The summed E-state index contributed by atoms with van der Waals surface area (Å²) in [5.74, 6) is 0.160. The zero-order valence-electron chi connectivity index (χ0n) is 9.88. The number of halogens is 2. The lowest BCUT2D eigenvalue weighted by atomic mass is 10.1. The first-order valence-electron chi connectivity index (χ1n) is 5.54. The first kappa shape index (κ1) is 13.6. The number of aliphatic hydroxyl groups is 1. The van der Waals surface area contributed by atoms with Gasteiger partial charge in [0.15, 0.2) is 0 Å². The van der Waals surface area contributed by atoms with Gasteiger partial charge in [0.2, 0.25) is 0 Å². The highest BCUT2D eigenvalue weighted by Crippen LogP contribution is 2.29. The topological polar surface area (TPSA) is 68.4 Å². The average molecular weight is 283 g/mol. The molecular weight excluding hydrogens is 271 g/mol. The lowest BCUT2D eigenvalue weighted by molar-refractivity contribution is 0.116. The number of aliphatic hydroxyl groups excluding tert-OH is 1. The summed E-state index contributed by atoms with van der Waals surface area (Å²) >= 11 is 5.87. The van der Waals surface area contributed by atoms with Crippen LogP contribution in [-0.2, 0) is 0 Å². The molecule has 19 heavy (non-hydrogen) atoms. The van der Waals surface area contributed by atoms with Crippen LogP contribution in [0.3, 0.4) is 0 Å². The molecule has 2 aromatic rings. The Morgan fingerprint density at radius 1 is 1.37 bits per heavy atom. The van der Waals surface area contributed by atoms with Crippen molar-refractivity contribution >= 4 is 17.4 Å². The van der Waals surface area contributed by atoms with Crippen molar-refractivity contribution in [3.8, 4) is 5.75 Å². The highest BCUT2D eigenvalue weighted by atomic mass is 35.5. The zero-order chi connectivity index (χ0) is 13.8. The molecule has 0 fully saturated rings. The van der Waals surface area contributed by atoms with E-state index in [4.69, 9.17) is 22.1 Å². The molecule has 0 spiro atoms. The number of aromatic nitrogens is 1. The Labute approximate surface area is 114 Å². The third-order valence-corrected chi connectivity index (χ3v) is 2.80. The second-order valence-corrected chi connectivity index (χ2v) is 4.29. The van der Waals surface area contributed by atoms with Crippen molar-refractivity contribution in [3.05, 3.63) is 52.9 Å². The number of nitrogen functional groups attached to an aromatic ring is 1. The number of pyridine rings is 1. The van der Waals surface area contributed by atoms with Crippen molar-refractivity contribution in [3.63, 3.8) is 0 Å². The van der Waals surface area contributed by atoms with Crippen LogP contribution >= 0.6 is 11.6 Å². The molecule has 0 saturated heterocycles. The monoisotopic (exact) mass is 282 g/mol. The van der Waals surface area contributed by atoms with Gasteiger partial charge in [0, 0.05) is 6.20 Å². The van der Waals surface area contributed by atoms with Crippen molar-refractivity contribution in [2.45, 2.75) is 6.10 Å². The molecule has 0 aliphatic heterocycles. The first-order chi connectivity index (χ1) is 9.10. The molecule has 0 aliphatic carbocycles. The SMILES string of the molecule is Nc1cc(C(CO)Oc2ccc(F)cc2Cl)ccn1. The molecule has 2 rings (SSSR count). The predicted octanol–water partition coefficient (Wildman–Crippen LogP) is 2.57. The molecule has 0 bridgehead atoms. The van der Waals surface area contributed by atoms with E-state index in [0.29, 0.717) is 11.4 Å². The molecule has 0 amide bonds.